The molecule has 0 saturated heterocycles. The van der Waals surface area contributed by atoms with Crippen LogP contribution in [0.4, 0.5) is 0 Å². The molecular weight excluding hydrogens is 161 g/mol. The van der Waals surface area contributed by atoms with Gasteiger partial charge in [0.05, 0.1) is 6.92 Å². The molecular formula is C3H7NO3PS. The van der Waals surface area contributed by atoms with E-state index >= 15 is 0 Å². The van der Waals surface area contributed by atoms with E-state index in [1.165, 1.54) is 14.0 Å². The van der Waals surface area contributed by atoms with Gasteiger partial charge in [-0.3, -0.25) is 9.77 Å². The number of rotatable bonds is 1. The molecule has 0 amide bonds. The van der Waals surface area contributed by atoms with Gasteiger partial charge in [0, 0.05) is 4.74 Å². The van der Waals surface area contributed by atoms with Crippen LogP contribution in [-0.2, 0) is 21.3 Å². The summed E-state index contributed by atoms with van der Waals surface area (Å²) in [7, 11) is -0.727. The van der Waals surface area contributed by atoms with Crippen LogP contribution in [-0.4, -0.2) is 22.9 Å². The monoisotopic (exact) mass is 168 g/mol. The van der Waals surface area contributed by atoms with E-state index in [-0.39, 0.29) is 5.90 Å². The van der Waals surface area contributed by atoms with E-state index in [1.54, 1.807) is 0 Å². The average Bonchev–Trinajstić information content (AvgIpc) is 1.63. The Morgan fingerprint density at radius 3 is 2.44 bits per heavy atom. The maximum atomic E-state index is 10.1. The van der Waals surface area contributed by atoms with Crippen molar-refractivity contribution in [1.82, 2.24) is 0 Å². The molecule has 0 fully saturated rings. The molecule has 1 unspecified atom stereocenters. The lowest BCUT2D eigenvalue weighted by molar-refractivity contribution is -0.758. The van der Waals surface area contributed by atoms with Gasteiger partial charge in [-0.15, -0.1) is 0 Å². The summed E-state index contributed by atoms with van der Waals surface area (Å²) in [5.41, 5.74) is 0. The second kappa shape index (κ2) is 3.69. The fourth-order valence-electron chi connectivity index (χ4n) is 0.167. The van der Waals surface area contributed by atoms with Crippen molar-refractivity contribution in [3.05, 3.63) is 0 Å². The maximum absolute atomic E-state index is 10.1. The Labute approximate surface area is 59.1 Å². The van der Waals surface area contributed by atoms with Crippen LogP contribution < -0.4 is 0 Å². The predicted molar refractivity (Wildman–Crippen MR) is 34.7 cm³/mol. The molecule has 0 saturated carbocycles. The highest BCUT2D eigenvalue weighted by atomic mass is 32.7. The third kappa shape index (κ3) is 4.24. The number of hydrogen-bond donors (Lipinski definition) is 1. The summed E-state index contributed by atoms with van der Waals surface area (Å²) in [5, 5.41) is 8.57. The Kier molecular flexibility index (Phi) is 3.58. The van der Waals surface area contributed by atoms with E-state index in [0.717, 1.165) is 0 Å². The quantitative estimate of drug-likeness (QED) is 0.119. The number of nitrogens with zero attached hydrogens (tertiary/aromatic N) is 1. The van der Waals surface area contributed by atoms with Crippen molar-refractivity contribution in [2.45, 2.75) is 6.92 Å². The van der Waals surface area contributed by atoms with E-state index in [2.05, 4.69) is 16.8 Å². The summed E-state index contributed by atoms with van der Waals surface area (Å²) >= 11 is 4.20. The topological polar surface area (TPSA) is 49.5 Å². The SMILES string of the molecule is CC(O[P](=O)[S-])=[N+](C)O. The lowest BCUT2D eigenvalue weighted by atomic mass is 10.8. The summed E-state index contributed by atoms with van der Waals surface area (Å²) in [6.45, 7) is 1.46. The van der Waals surface area contributed by atoms with Crippen LogP contribution in [0.15, 0.2) is 0 Å². The van der Waals surface area contributed by atoms with Gasteiger partial charge >= 0.3 is 5.90 Å². The highest BCUT2D eigenvalue weighted by molar-refractivity contribution is 8.26. The van der Waals surface area contributed by atoms with Crippen molar-refractivity contribution in [3.8, 4) is 0 Å². The Morgan fingerprint density at radius 2 is 2.33 bits per heavy atom. The summed E-state index contributed by atoms with van der Waals surface area (Å²) in [6.07, 6.45) is 0. The van der Waals surface area contributed by atoms with Gasteiger partial charge in [-0.1, -0.05) is 0 Å². The van der Waals surface area contributed by atoms with Crippen LogP contribution in [0.5, 0.6) is 0 Å². The lowest BCUT2D eigenvalue weighted by Crippen LogP contribution is -2.10. The first-order chi connectivity index (χ1) is 4.04. The normalized spacial score (nSPS) is 14.3. The van der Waals surface area contributed by atoms with Gasteiger partial charge in [-0.2, -0.15) is 0 Å². The number of hydrogen-bond acceptors (Lipinski definition) is 4. The fraction of sp³-hybridized carbons (Fsp3) is 0.667. The summed E-state index contributed by atoms with van der Waals surface area (Å²) in [6, 6.07) is 0. The standard InChI is InChI=1S/C3H7NO3PS/c1-3(4(2)5)7-8(6)9/h1-2H3,(H-,5,6,9). The van der Waals surface area contributed by atoms with Crippen molar-refractivity contribution in [3.63, 3.8) is 0 Å². The van der Waals surface area contributed by atoms with Gasteiger partial charge in [-0.05, 0) is 0 Å². The first-order valence-corrected chi connectivity index (χ1v) is 4.31. The molecule has 53 valence electrons. The van der Waals surface area contributed by atoms with Crippen molar-refractivity contribution < 1.29 is 19.0 Å². The van der Waals surface area contributed by atoms with Gasteiger partial charge < -0.3 is 16.8 Å². The highest BCUT2D eigenvalue weighted by Crippen LogP contribution is 2.16. The third-order valence-corrected chi connectivity index (χ3v) is 1.30. The summed E-state index contributed by atoms with van der Waals surface area (Å²) in [5.74, 6) is 0.131. The van der Waals surface area contributed by atoms with Crippen LogP contribution in [0, 0.1) is 0 Å². The Hall–Kier alpha value is -0.280. The predicted octanol–water partition coefficient (Wildman–Crippen LogP) is 0.657. The number of hydroxylamine groups is 1. The van der Waals surface area contributed by atoms with Crippen molar-refractivity contribution >= 4 is 25.4 Å². The molecule has 0 aromatic heterocycles. The van der Waals surface area contributed by atoms with Crippen LogP contribution in [0.25, 0.3) is 0 Å². The molecule has 0 aliphatic rings. The Bertz CT molecular complexity index is 153. The smallest absolute Gasteiger partial charge is 0.389 e. The molecule has 0 aliphatic heterocycles. The molecule has 0 aromatic rings. The first-order valence-electron chi connectivity index (χ1n) is 2.12. The Morgan fingerprint density at radius 1 is 1.89 bits per heavy atom. The zero-order valence-electron chi connectivity index (χ0n) is 5.07. The molecule has 1 N–H and O–H groups in total. The minimum atomic E-state index is -2.08. The van der Waals surface area contributed by atoms with E-state index in [1.807, 2.05) is 0 Å². The van der Waals surface area contributed by atoms with Crippen molar-refractivity contribution in [1.29, 1.82) is 0 Å². The summed E-state index contributed by atoms with van der Waals surface area (Å²) in [4.78, 5) is 0. The molecule has 6 heteroatoms. The average molecular weight is 168 g/mol. The lowest BCUT2D eigenvalue weighted by Gasteiger charge is -2.00. The second-order valence-corrected chi connectivity index (χ2v) is 2.88. The third-order valence-electron chi connectivity index (χ3n) is 0.662. The largest absolute Gasteiger partial charge is 0.649 e. The van der Waals surface area contributed by atoms with E-state index < -0.39 is 7.23 Å². The zero-order chi connectivity index (χ0) is 7.44. The van der Waals surface area contributed by atoms with E-state index in [4.69, 9.17) is 5.21 Å². The Balaban J connectivity index is 3.92. The zero-order valence-corrected chi connectivity index (χ0v) is 6.78. The van der Waals surface area contributed by atoms with E-state index in [0.29, 0.717) is 4.74 Å². The molecule has 1 radical (unpaired) electrons. The molecule has 0 spiro atoms. The van der Waals surface area contributed by atoms with Crippen LogP contribution in [0.1, 0.15) is 6.92 Å². The highest BCUT2D eigenvalue weighted by Gasteiger charge is 2.01. The minimum absolute atomic E-state index is 0.131. The van der Waals surface area contributed by atoms with Gasteiger partial charge in [0.1, 0.15) is 7.23 Å². The van der Waals surface area contributed by atoms with Crippen LogP contribution in [0.2, 0.25) is 0 Å². The molecule has 9 heavy (non-hydrogen) atoms. The molecule has 0 bridgehead atoms. The molecule has 0 heterocycles. The maximum Gasteiger partial charge on any atom is 0.389 e. The molecule has 0 aliphatic carbocycles. The first kappa shape index (κ1) is 8.72. The molecule has 0 rings (SSSR count). The fourth-order valence-corrected chi connectivity index (χ4v) is 0.824. The molecule has 1 atom stereocenters. The van der Waals surface area contributed by atoms with Crippen LogP contribution in [0.3, 0.4) is 0 Å². The van der Waals surface area contributed by atoms with Gasteiger partial charge in [0.15, 0.2) is 7.05 Å². The minimum Gasteiger partial charge on any atom is -0.649 e. The van der Waals surface area contributed by atoms with E-state index in [9.17, 15) is 4.57 Å². The molecule has 4 nitrogen and oxygen atoms in total. The van der Waals surface area contributed by atoms with Gasteiger partial charge in [-0.25, -0.2) is 0 Å². The molecule has 0 aromatic carbocycles. The van der Waals surface area contributed by atoms with Gasteiger partial charge in [0.2, 0.25) is 0 Å². The van der Waals surface area contributed by atoms with Crippen molar-refractivity contribution in [2.75, 3.05) is 7.05 Å². The second-order valence-electron chi connectivity index (χ2n) is 1.36. The van der Waals surface area contributed by atoms with Gasteiger partial charge in [0.25, 0.3) is 0 Å². The van der Waals surface area contributed by atoms with Crippen LogP contribution >= 0.6 is 7.23 Å². The van der Waals surface area contributed by atoms with Crippen molar-refractivity contribution in [2.24, 2.45) is 0 Å². The summed E-state index contributed by atoms with van der Waals surface area (Å²) < 4.78 is 15.3.